The molecule has 1 aromatic rings. The fraction of sp³-hybridized carbons (Fsp3) is 0.222. The lowest BCUT2D eigenvalue weighted by atomic mass is 10.0. The van der Waals surface area contributed by atoms with Crippen molar-refractivity contribution in [3.63, 3.8) is 0 Å². The summed E-state index contributed by atoms with van der Waals surface area (Å²) < 4.78 is 0. The molecule has 0 bridgehead atoms. The molecular weight excluding hydrogens is 206 g/mol. The first kappa shape index (κ1) is 10.8. The van der Waals surface area contributed by atoms with Crippen molar-refractivity contribution in [3.8, 4) is 0 Å². The molecule has 0 radical (unpaired) electrons. The van der Waals surface area contributed by atoms with Crippen molar-refractivity contribution in [2.24, 2.45) is 0 Å². The maximum Gasteiger partial charge on any atom is 0.306 e. The Morgan fingerprint density at radius 2 is 2.21 bits per heavy atom. The number of anilines is 1. The van der Waals surface area contributed by atoms with Crippen LogP contribution in [0.15, 0.2) is 18.2 Å². The fourth-order valence-corrected chi connectivity index (χ4v) is 1.29. The topological polar surface area (TPSA) is 83.5 Å². The van der Waals surface area contributed by atoms with Gasteiger partial charge in [-0.1, -0.05) is 11.6 Å². The summed E-state index contributed by atoms with van der Waals surface area (Å²) in [4.78, 5) is 10.3. The van der Waals surface area contributed by atoms with E-state index in [1.54, 1.807) is 6.07 Å². The predicted octanol–water partition coefficient (Wildman–Crippen LogP) is 1.43. The van der Waals surface area contributed by atoms with Crippen LogP contribution in [0.4, 0.5) is 5.69 Å². The average Bonchev–Trinajstić information content (AvgIpc) is 2.08. The minimum absolute atomic E-state index is 0.336. The van der Waals surface area contributed by atoms with E-state index in [9.17, 15) is 9.90 Å². The van der Waals surface area contributed by atoms with Gasteiger partial charge in [0, 0.05) is 16.3 Å². The first-order valence-corrected chi connectivity index (χ1v) is 4.33. The van der Waals surface area contributed by atoms with Gasteiger partial charge in [-0.15, -0.1) is 0 Å². The van der Waals surface area contributed by atoms with Crippen LogP contribution in [-0.2, 0) is 4.79 Å². The maximum atomic E-state index is 10.3. The molecular formula is C9H10ClNO3. The summed E-state index contributed by atoms with van der Waals surface area (Å²) in [6, 6.07) is 4.57. The van der Waals surface area contributed by atoms with Crippen molar-refractivity contribution in [1.29, 1.82) is 0 Å². The molecule has 0 saturated heterocycles. The molecule has 0 heterocycles. The van der Waals surface area contributed by atoms with Crippen LogP contribution in [0.5, 0.6) is 0 Å². The van der Waals surface area contributed by atoms with Crippen LogP contribution in [0.2, 0.25) is 5.02 Å². The van der Waals surface area contributed by atoms with E-state index in [4.69, 9.17) is 22.4 Å². The maximum absolute atomic E-state index is 10.3. The number of hydrogen-bond acceptors (Lipinski definition) is 3. The predicted molar refractivity (Wildman–Crippen MR) is 53.1 cm³/mol. The number of benzene rings is 1. The van der Waals surface area contributed by atoms with Crippen molar-refractivity contribution in [1.82, 2.24) is 0 Å². The van der Waals surface area contributed by atoms with Gasteiger partial charge in [0.2, 0.25) is 0 Å². The Kier molecular flexibility index (Phi) is 3.33. The van der Waals surface area contributed by atoms with Gasteiger partial charge in [-0.05, 0) is 18.2 Å². The molecule has 0 aliphatic heterocycles. The highest BCUT2D eigenvalue weighted by Gasteiger charge is 2.14. The molecule has 0 amide bonds. The summed E-state index contributed by atoms with van der Waals surface area (Å²) in [6.07, 6.45) is -1.50. The SMILES string of the molecule is Nc1ccc(Cl)cc1C(O)CC(=O)O. The Labute approximate surface area is 85.9 Å². The summed E-state index contributed by atoms with van der Waals surface area (Å²) in [7, 11) is 0. The molecule has 76 valence electrons. The number of aliphatic hydroxyl groups excluding tert-OH is 1. The summed E-state index contributed by atoms with van der Waals surface area (Å²) >= 11 is 5.68. The lowest BCUT2D eigenvalue weighted by molar-refractivity contribution is -0.139. The summed E-state index contributed by atoms with van der Waals surface area (Å²) in [5, 5.41) is 18.4. The number of rotatable bonds is 3. The number of hydrogen-bond donors (Lipinski definition) is 3. The van der Waals surface area contributed by atoms with Crippen LogP contribution < -0.4 is 5.73 Å². The molecule has 14 heavy (non-hydrogen) atoms. The molecule has 0 saturated carbocycles. The molecule has 0 aliphatic carbocycles. The fourth-order valence-electron chi connectivity index (χ4n) is 1.11. The van der Waals surface area contributed by atoms with Crippen LogP contribution in [0.3, 0.4) is 0 Å². The van der Waals surface area contributed by atoms with Crippen LogP contribution in [0, 0.1) is 0 Å². The van der Waals surface area contributed by atoms with Gasteiger partial charge in [-0.3, -0.25) is 4.79 Å². The molecule has 0 aromatic heterocycles. The van der Waals surface area contributed by atoms with Gasteiger partial charge in [0.1, 0.15) is 0 Å². The zero-order valence-electron chi connectivity index (χ0n) is 7.27. The first-order valence-electron chi connectivity index (χ1n) is 3.95. The second-order valence-electron chi connectivity index (χ2n) is 2.89. The Morgan fingerprint density at radius 1 is 1.57 bits per heavy atom. The smallest absolute Gasteiger partial charge is 0.306 e. The molecule has 1 unspecified atom stereocenters. The third-order valence-electron chi connectivity index (χ3n) is 1.78. The van der Waals surface area contributed by atoms with Crippen LogP contribution >= 0.6 is 11.6 Å². The Bertz CT molecular complexity index is 354. The van der Waals surface area contributed by atoms with E-state index < -0.39 is 12.1 Å². The van der Waals surface area contributed by atoms with Crippen molar-refractivity contribution >= 4 is 23.3 Å². The number of carbonyl (C=O) groups is 1. The Hall–Kier alpha value is -1.26. The number of nitrogen functional groups attached to an aromatic ring is 1. The van der Waals surface area contributed by atoms with Crippen LogP contribution in [-0.4, -0.2) is 16.2 Å². The number of carboxylic acids is 1. The summed E-state index contributed by atoms with van der Waals surface area (Å²) in [5.74, 6) is -1.09. The quantitative estimate of drug-likeness (QED) is 0.666. The molecule has 1 aromatic carbocycles. The Morgan fingerprint density at radius 3 is 2.79 bits per heavy atom. The monoisotopic (exact) mass is 215 g/mol. The zero-order valence-corrected chi connectivity index (χ0v) is 8.03. The minimum atomic E-state index is -1.12. The summed E-state index contributed by atoms with van der Waals surface area (Å²) in [5.41, 5.74) is 6.24. The van der Waals surface area contributed by atoms with Gasteiger partial charge >= 0.3 is 5.97 Å². The standard InChI is InChI=1S/C9H10ClNO3/c10-5-1-2-7(11)6(3-5)8(12)4-9(13)14/h1-3,8,12H,4,11H2,(H,13,14). The van der Waals surface area contributed by atoms with Gasteiger partial charge in [0.25, 0.3) is 0 Å². The van der Waals surface area contributed by atoms with E-state index in [0.29, 0.717) is 16.3 Å². The molecule has 5 heteroatoms. The van der Waals surface area contributed by atoms with E-state index in [1.165, 1.54) is 12.1 Å². The largest absolute Gasteiger partial charge is 0.481 e. The third-order valence-corrected chi connectivity index (χ3v) is 2.01. The number of halogens is 1. The first-order chi connectivity index (χ1) is 6.50. The van der Waals surface area contributed by atoms with E-state index in [1.807, 2.05) is 0 Å². The van der Waals surface area contributed by atoms with E-state index >= 15 is 0 Å². The molecule has 0 spiro atoms. The molecule has 0 aliphatic rings. The highest BCUT2D eigenvalue weighted by atomic mass is 35.5. The van der Waals surface area contributed by atoms with Crippen LogP contribution in [0.1, 0.15) is 18.1 Å². The van der Waals surface area contributed by atoms with E-state index in [2.05, 4.69) is 0 Å². The number of aliphatic carboxylic acids is 1. The van der Waals surface area contributed by atoms with E-state index in [-0.39, 0.29) is 6.42 Å². The minimum Gasteiger partial charge on any atom is -0.481 e. The van der Waals surface area contributed by atoms with Crippen LogP contribution in [0.25, 0.3) is 0 Å². The second-order valence-corrected chi connectivity index (χ2v) is 3.32. The van der Waals surface area contributed by atoms with Gasteiger partial charge in [0.15, 0.2) is 0 Å². The molecule has 0 fully saturated rings. The normalized spacial score (nSPS) is 12.4. The van der Waals surface area contributed by atoms with Gasteiger partial charge in [-0.2, -0.15) is 0 Å². The van der Waals surface area contributed by atoms with Crippen molar-refractivity contribution in [2.75, 3.05) is 5.73 Å². The van der Waals surface area contributed by atoms with Gasteiger partial charge in [-0.25, -0.2) is 0 Å². The highest BCUT2D eigenvalue weighted by molar-refractivity contribution is 6.30. The number of aliphatic hydroxyl groups is 1. The highest BCUT2D eigenvalue weighted by Crippen LogP contribution is 2.26. The lowest BCUT2D eigenvalue weighted by Gasteiger charge is -2.11. The third kappa shape index (κ3) is 2.61. The average molecular weight is 216 g/mol. The van der Waals surface area contributed by atoms with Crippen molar-refractivity contribution in [3.05, 3.63) is 28.8 Å². The summed E-state index contributed by atoms with van der Waals surface area (Å²) in [6.45, 7) is 0. The van der Waals surface area contributed by atoms with Gasteiger partial charge < -0.3 is 15.9 Å². The number of carboxylic acid groups (broad SMARTS) is 1. The number of nitrogens with two attached hydrogens (primary N) is 1. The molecule has 1 atom stereocenters. The van der Waals surface area contributed by atoms with E-state index in [0.717, 1.165) is 0 Å². The van der Waals surface area contributed by atoms with Gasteiger partial charge in [0.05, 0.1) is 12.5 Å². The van der Waals surface area contributed by atoms with Crippen molar-refractivity contribution in [2.45, 2.75) is 12.5 Å². The van der Waals surface area contributed by atoms with Crippen molar-refractivity contribution < 1.29 is 15.0 Å². The molecule has 4 nitrogen and oxygen atoms in total. The zero-order chi connectivity index (χ0) is 10.7. The lowest BCUT2D eigenvalue weighted by Crippen LogP contribution is -2.07. The Balaban J connectivity index is 2.93. The molecule has 1 rings (SSSR count). The second kappa shape index (κ2) is 4.30. The molecule has 4 N–H and O–H groups in total.